The van der Waals surface area contributed by atoms with E-state index in [-0.39, 0.29) is 0 Å². The Hall–Kier alpha value is -1.42. The summed E-state index contributed by atoms with van der Waals surface area (Å²) in [5.41, 5.74) is 1.05. The number of aromatic nitrogens is 2. The summed E-state index contributed by atoms with van der Waals surface area (Å²) in [5, 5.41) is 1.93. The van der Waals surface area contributed by atoms with Gasteiger partial charge in [-0.25, -0.2) is 4.98 Å². The molecule has 0 aromatic carbocycles. The van der Waals surface area contributed by atoms with Crippen LogP contribution >= 0.6 is 11.3 Å². The van der Waals surface area contributed by atoms with Gasteiger partial charge in [-0.05, 0) is 17.0 Å². The molecule has 66 valence electrons. The molecule has 0 saturated heterocycles. The lowest BCUT2D eigenvalue weighted by molar-refractivity contribution is 0.112. The molecule has 0 atom stereocenters. The molecule has 0 bridgehead atoms. The van der Waals surface area contributed by atoms with Gasteiger partial charge in [0.1, 0.15) is 0 Å². The monoisotopic (exact) mass is 192 g/mol. The smallest absolute Gasteiger partial charge is 0.160 e. The van der Waals surface area contributed by atoms with Crippen LogP contribution in [0, 0.1) is 0 Å². The topological polar surface area (TPSA) is 34.9 Å². The van der Waals surface area contributed by atoms with Crippen molar-refractivity contribution in [3.63, 3.8) is 0 Å². The van der Waals surface area contributed by atoms with Crippen LogP contribution in [0.5, 0.6) is 0 Å². The van der Waals surface area contributed by atoms with E-state index in [1.807, 2.05) is 22.2 Å². The number of imidazole rings is 1. The second-order valence-electron chi connectivity index (χ2n) is 2.66. The van der Waals surface area contributed by atoms with Crippen LogP contribution in [0.2, 0.25) is 0 Å². The largest absolute Gasteiger partial charge is 0.333 e. The molecular weight excluding hydrogens is 184 g/mol. The molecule has 2 heterocycles. The molecule has 0 saturated carbocycles. The average molecular weight is 192 g/mol. The molecule has 0 aliphatic rings. The highest BCUT2D eigenvalue weighted by atomic mass is 32.1. The van der Waals surface area contributed by atoms with Gasteiger partial charge in [-0.2, -0.15) is 0 Å². The van der Waals surface area contributed by atoms with Gasteiger partial charge in [-0.1, -0.05) is 0 Å². The SMILES string of the molecule is O=Cc1sccc1Cn1ccnc1. The lowest BCUT2D eigenvalue weighted by Crippen LogP contribution is -1.96. The van der Waals surface area contributed by atoms with E-state index in [1.54, 1.807) is 12.5 Å². The van der Waals surface area contributed by atoms with Crippen LogP contribution in [0.3, 0.4) is 0 Å². The van der Waals surface area contributed by atoms with E-state index in [4.69, 9.17) is 0 Å². The molecule has 2 aromatic rings. The first-order valence-corrected chi connectivity index (χ1v) is 4.75. The predicted molar refractivity (Wildman–Crippen MR) is 51.0 cm³/mol. The molecule has 2 aromatic heterocycles. The van der Waals surface area contributed by atoms with Crippen LogP contribution in [0.4, 0.5) is 0 Å². The summed E-state index contributed by atoms with van der Waals surface area (Å²) in [6, 6.07) is 1.97. The highest BCUT2D eigenvalue weighted by Crippen LogP contribution is 2.15. The molecule has 0 amide bonds. The lowest BCUT2D eigenvalue weighted by Gasteiger charge is -1.99. The molecule has 0 fully saturated rings. The molecule has 3 nitrogen and oxygen atoms in total. The number of aldehydes is 1. The molecule has 0 aliphatic carbocycles. The van der Waals surface area contributed by atoms with E-state index >= 15 is 0 Å². The van der Waals surface area contributed by atoms with Crippen molar-refractivity contribution in [2.45, 2.75) is 6.54 Å². The predicted octanol–water partition coefficient (Wildman–Crippen LogP) is 1.81. The lowest BCUT2D eigenvalue weighted by atomic mass is 10.2. The third-order valence-electron chi connectivity index (χ3n) is 1.80. The van der Waals surface area contributed by atoms with E-state index in [2.05, 4.69) is 4.98 Å². The Morgan fingerprint density at radius 3 is 3.23 bits per heavy atom. The van der Waals surface area contributed by atoms with Crippen LogP contribution in [-0.2, 0) is 6.54 Å². The molecule has 4 heteroatoms. The number of rotatable bonds is 3. The summed E-state index contributed by atoms with van der Waals surface area (Å²) in [5.74, 6) is 0. The average Bonchev–Trinajstić information content (AvgIpc) is 2.76. The third kappa shape index (κ3) is 1.67. The van der Waals surface area contributed by atoms with Crippen molar-refractivity contribution in [2.75, 3.05) is 0 Å². The Kier molecular flexibility index (Phi) is 2.23. The van der Waals surface area contributed by atoms with Crippen molar-refractivity contribution in [3.8, 4) is 0 Å². The zero-order valence-electron chi connectivity index (χ0n) is 6.88. The Labute approximate surface area is 79.7 Å². The van der Waals surface area contributed by atoms with Gasteiger partial charge < -0.3 is 4.57 Å². The fourth-order valence-corrected chi connectivity index (χ4v) is 1.88. The van der Waals surface area contributed by atoms with Gasteiger partial charge in [0.05, 0.1) is 17.7 Å². The van der Waals surface area contributed by atoms with E-state index in [0.717, 1.165) is 23.3 Å². The summed E-state index contributed by atoms with van der Waals surface area (Å²) in [4.78, 5) is 15.3. The number of hydrogen-bond acceptors (Lipinski definition) is 3. The highest BCUT2D eigenvalue weighted by molar-refractivity contribution is 7.11. The van der Waals surface area contributed by atoms with Crippen LogP contribution < -0.4 is 0 Å². The summed E-state index contributed by atoms with van der Waals surface area (Å²) in [6.07, 6.45) is 6.25. The number of thiophene rings is 1. The molecule has 0 N–H and O–H groups in total. The molecule has 2 rings (SSSR count). The number of carbonyl (C=O) groups is 1. The summed E-state index contributed by atoms with van der Waals surface area (Å²) in [7, 11) is 0. The van der Waals surface area contributed by atoms with Crippen LogP contribution in [-0.4, -0.2) is 15.8 Å². The third-order valence-corrected chi connectivity index (χ3v) is 2.68. The zero-order chi connectivity index (χ0) is 9.10. The van der Waals surface area contributed by atoms with Gasteiger partial charge in [0.25, 0.3) is 0 Å². The van der Waals surface area contributed by atoms with Gasteiger partial charge in [0.2, 0.25) is 0 Å². The standard InChI is InChI=1S/C9H8N2OS/c12-6-9-8(1-4-13-9)5-11-3-2-10-7-11/h1-4,6-7H,5H2. The van der Waals surface area contributed by atoms with Gasteiger partial charge in [-0.15, -0.1) is 11.3 Å². The Balaban J connectivity index is 2.23. The fraction of sp³-hybridized carbons (Fsp3) is 0.111. The van der Waals surface area contributed by atoms with Crippen molar-refractivity contribution >= 4 is 17.6 Å². The maximum Gasteiger partial charge on any atom is 0.160 e. The Morgan fingerprint density at radius 2 is 2.54 bits per heavy atom. The fourth-order valence-electron chi connectivity index (χ4n) is 1.16. The quantitative estimate of drug-likeness (QED) is 0.695. The van der Waals surface area contributed by atoms with Crippen LogP contribution in [0.25, 0.3) is 0 Å². The minimum atomic E-state index is 0.720. The molecule has 0 radical (unpaired) electrons. The second-order valence-corrected chi connectivity index (χ2v) is 3.61. The van der Waals surface area contributed by atoms with E-state index in [9.17, 15) is 4.79 Å². The van der Waals surface area contributed by atoms with Crippen molar-refractivity contribution < 1.29 is 4.79 Å². The summed E-state index contributed by atoms with van der Waals surface area (Å²) in [6.45, 7) is 0.720. The van der Waals surface area contributed by atoms with E-state index in [1.165, 1.54) is 11.3 Å². The molecule has 0 spiro atoms. The highest BCUT2D eigenvalue weighted by Gasteiger charge is 2.02. The van der Waals surface area contributed by atoms with Crippen molar-refractivity contribution in [2.24, 2.45) is 0 Å². The number of nitrogens with zero attached hydrogens (tertiary/aromatic N) is 2. The molecular formula is C9H8N2OS. The second kappa shape index (κ2) is 3.53. The van der Waals surface area contributed by atoms with Gasteiger partial charge in [-0.3, -0.25) is 4.79 Å². The van der Waals surface area contributed by atoms with Crippen molar-refractivity contribution in [1.29, 1.82) is 0 Å². The van der Waals surface area contributed by atoms with Crippen LogP contribution in [0.15, 0.2) is 30.2 Å². The van der Waals surface area contributed by atoms with Crippen LogP contribution in [0.1, 0.15) is 15.2 Å². The Bertz CT molecular complexity index is 391. The Morgan fingerprint density at radius 1 is 1.62 bits per heavy atom. The minimum Gasteiger partial charge on any atom is -0.333 e. The number of hydrogen-bond donors (Lipinski definition) is 0. The molecule has 0 aliphatic heterocycles. The maximum absolute atomic E-state index is 10.6. The normalized spacial score (nSPS) is 10.2. The zero-order valence-corrected chi connectivity index (χ0v) is 7.70. The van der Waals surface area contributed by atoms with Crippen molar-refractivity contribution in [3.05, 3.63) is 40.6 Å². The van der Waals surface area contributed by atoms with E-state index < -0.39 is 0 Å². The summed E-state index contributed by atoms with van der Waals surface area (Å²) >= 11 is 1.47. The number of carbonyl (C=O) groups excluding carboxylic acids is 1. The first kappa shape index (κ1) is 8.19. The maximum atomic E-state index is 10.6. The summed E-state index contributed by atoms with van der Waals surface area (Å²) < 4.78 is 1.94. The molecule has 13 heavy (non-hydrogen) atoms. The van der Waals surface area contributed by atoms with E-state index in [0.29, 0.717) is 0 Å². The van der Waals surface area contributed by atoms with Crippen molar-refractivity contribution in [1.82, 2.24) is 9.55 Å². The van der Waals surface area contributed by atoms with Gasteiger partial charge in [0, 0.05) is 12.4 Å². The molecule has 0 unspecified atom stereocenters. The first-order valence-electron chi connectivity index (χ1n) is 3.87. The minimum absolute atomic E-state index is 0.720. The van der Waals surface area contributed by atoms with Gasteiger partial charge >= 0.3 is 0 Å². The first-order chi connectivity index (χ1) is 6.40. The van der Waals surface area contributed by atoms with Gasteiger partial charge in [0.15, 0.2) is 6.29 Å².